The van der Waals surface area contributed by atoms with E-state index in [1.165, 1.54) is 42.4 Å². The molecule has 0 atom stereocenters. The van der Waals surface area contributed by atoms with E-state index >= 15 is 0 Å². The summed E-state index contributed by atoms with van der Waals surface area (Å²) in [5, 5.41) is 1.39. The molecule has 1 aliphatic rings. The predicted octanol–water partition coefficient (Wildman–Crippen LogP) is 4.03. The summed E-state index contributed by atoms with van der Waals surface area (Å²) in [5.41, 5.74) is 4.80. The van der Waals surface area contributed by atoms with Crippen LogP contribution in [0.5, 0.6) is 5.75 Å². The zero-order valence-electron chi connectivity index (χ0n) is 15.2. The van der Waals surface area contributed by atoms with Crippen molar-refractivity contribution in [3.8, 4) is 17.0 Å². The van der Waals surface area contributed by atoms with Crippen molar-refractivity contribution in [3.63, 3.8) is 0 Å². The van der Waals surface area contributed by atoms with Crippen molar-refractivity contribution in [2.75, 3.05) is 33.5 Å². The van der Waals surface area contributed by atoms with E-state index in [9.17, 15) is 0 Å². The monoisotopic (exact) mass is 342 g/mol. The summed E-state index contributed by atoms with van der Waals surface area (Å²) in [5.74, 6) is 0.963. The van der Waals surface area contributed by atoms with Gasteiger partial charge in [-0.05, 0) is 86.9 Å². The molecule has 0 N–H and O–H groups in total. The molecule has 24 heavy (non-hydrogen) atoms. The highest BCUT2D eigenvalue weighted by Crippen LogP contribution is 2.33. The maximum absolute atomic E-state index is 5.61. The average molecular weight is 342 g/mol. The minimum absolute atomic E-state index is 0.180. The van der Waals surface area contributed by atoms with Gasteiger partial charge in [0.2, 0.25) is 0 Å². The number of benzene rings is 1. The Morgan fingerprint density at radius 3 is 2.58 bits per heavy atom. The van der Waals surface area contributed by atoms with Gasteiger partial charge >= 0.3 is 0 Å². The average Bonchev–Trinajstić information content (AvgIpc) is 3.08. The van der Waals surface area contributed by atoms with E-state index in [1.807, 2.05) is 6.20 Å². The van der Waals surface area contributed by atoms with E-state index in [0.29, 0.717) is 0 Å². The minimum atomic E-state index is -0.180. The van der Waals surface area contributed by atoms with Gasteiger partial charge in [-0.25, -0.2) is 0 Å². The van der Waals surface area contributed by atoms with Crippen LogP contribution in [0.4, 0.5) is 0 Å². The lowest BCUT2D eigenvalue weighted by atomic mass is 10.1. The first-order chi connectivity index (χ1) is 11.6. The Labute approximate surface area is 146 Å². The smallest absolute Gasteiger partial charge is 0.123 e. The molecule has 0 amide bonds. The molecule has 1 saturated heterocycles. The van der Waals surface area contributed by atoms with Crippen LogP contribution in [-0.4, -0.2) is 43.4 Å². The van der Waals surface area contributed by atoms with E-state index in [2.05, 4.69) is 54.4 Å². The fourth-order valence-electron chi connectivity index (χ4n) is 3.43. The molecule has 2 heterocycles. The molecule has 3 nitrogen and oxygen atoms in total. The Morgan fingerprint density at radius 1 is 1.17 bits per heavy atom. The quantitative estimate of drug-likeness (QED) is 0.767. The van der Waals surface area contributed by atoms with Crippen LogP contribution < -0.4 is 10.0 Å². The number of hydrogen-bond donors (Lipinski definition) is 0. The second-order valence-corrected chi connectivity index (χ2v) is 9.02. The number of rotatable bonds is 5. The molecule has 1 aromatic heterocycles. The van der Waals surface area contributed by atoms with Gasteiger partial charge in [-0.3, -0.25) is 9.88 Å². The van der Waals surface area contributed by atoms with Gasteiger partial charge in [0.05, 0.1) is 12.8 Å². The Morgan fingerprint density at radius 2 is 1.92 bits per heavy atom. The number of pyridine rings is 1. The number of likely N-dealkylation sites (tertiary alicyclic amines) is 1. The summed E-state index contributed by atoms with van der Waals surface area (Å²) < 4.78 is 5.61. The van der Waals surface area contributed by atoms with Gasteiger partial charge in [0.1, 0.15) is 5.75 Å². The van der Waals surface area contributed by atoms with Crippen LogP contribution in [0.25, 0.3) is 11.3 Å². The molecule has 0 aliphatic carbocycles. The molecule has 0 radical (unpaired) electrons. The first kappa shape index (κ1) is 17.4. The Balaban J connectivity index is 1.94. The summed E-state index contributed by atoms with van der Waals surface area (Å²) in [6, 6.07) is 8.80. The normalized spacial score (nSPS) is 15.2. The van der Waals surface area contributed by atoms with Crippen molar-refractivity contribution in [1.82, 2.24) is 9.88 Å². The Kier molecular flexibility index (Phi) is 5.53. The maximum atomic E-state index is 5.61. The van der Waals surface area contributed by atoms with Gasteiger partial charge in [-0.2, -0.15) is 0 Å². The lowest BCUT2D eigenvalue weighted by Crippen LogP contribution is -2.18. The number of hydrogen-bond acceptors (Lipinski definition) is 3. The van der Waals surface area contributed by atoms with E-state index in [4.69, 9.17) is 4.74 Å². The highest BCUT2D eigenvalue weighted by Gasteiger charge is 2.14. The third kappa shape index (κ3) is 3.79. The van der Waals surface area contributed by atoms with Crippen molar-refractivity contribution in [1.29, 1.82) is 0 Å². The summed E-state index contributed by atoms with van der Waals surface area (Å²) in [7, 11) is 1.57. The largest absolute Gasteiger partial charge is 0.496 e. The van der Waals surface area contributed by atoms with Gasteiger partial charge < -0.3 is 4.74 Å². The van der Waals surface area contributed by atoms with Crippen molar-refractivity contribution in [2.45, 2.75) is 26.3 Å². The summed E-state index contributed by atoms with van der Waals surface area (Å²) in [6.07, 6.45) is 4.59. The second-order valence-electron chi connectivity index (χ2n) is 6.75. The van der Waals surface area contributed by atoms with Crippen LogP contribution in [0.2, 0.25) is 0 Å². The van der Waals surface area contributed by atoms with Gasteiger partial charge in [0.25, 0.3) is 0 Å². The molecule has 0 spiro atoms. The van der Waals surface area contributed by atoms with E-state index in [-0.39, 0.29) is 7.92 Å². The van der Waals surface area contributed by atoms with E-state index in [1.54, 1.807) is 7.11 Å². The van der Waals surface area contributed by atoms with Crippen LogP contribution in [0.3, 0.4) is 0 Å². The SMILES string of the molecule is COc1cc(-c2cc(CN3CCCC3)ccn2)cc(P(C)C)c1C. The molecular formula is C20H27N2OP. The summed E-state index contributed by atoms with van der Waals surface area (Å²) in [4.78, 5) is 7.15. The first-order valence-electron chi connectivity index (χ1n) is 8.62. The van der Waals surface area contributed by atoms with Gasteiger partial charge in [-0.15, -0.1) is 0 Å². The first-order valence-corrected chi connectivity index (χ1v) is 10.9. The molecule has 128 valence electrons. The van der Waals surface area contributed by atoms with Crippen molar-refractivity contribution < 1.29 is 4.74 Å². The van der Waals surface area contributed by atoms with Crippen molar-refractivity contribution in [2.24, 2.45) is 0 Å². The minimum Gasteiger partial charge on any atom is -0.496 e. The zero-order valence-corrected chi connectivity index (χ0v) is 16.1. The van der Waals surface area contributed by atoms with Crippen LogP contribution in [0.1, 0.15) is 24.0 Å². The second kappa shape index (κ2) is 7.63. The van der Waals surface area contributed by atoms with Gasteiger partial charge in [-0.1, -0.05) is 7.92 Å². The van der Waals surface area contributed by atoms with Gasteiger partial charge in [0, 0.05) is 18.3 Å². The molecule has 0 saturated carbocycles. The molecule has 0 unspecified atom stereocenters. The van der Waals surface area contributed by atoms with Crippen molar-refractivity contribution >= 4 is 13.2 Å². The number of methoxy groups -OCH3 is 1. The fraction of sp³-hybridized carbons (Fsp3) is 0.450. The molecule has 2 aromatic rings. The van der Waals surface area contributed by atoms with Crippen LogP contribution in [0.15, 0.2) is 30.5 Å². The van der Waals surface area contributed by atoms with Crippen LogP contribution in [-0.2, 0) is 6.54 Å². The molecule has 4 heteroatoms. The number of ether oxygens (including phenoxy) is 1. The molecule has 1 aliphatic heterocycles. The Bertz CT molecular complexity index is 709. The van der Waals surface area contributed by atoms with Crippen LogP contribution >= 0.6 is 7.92 Å². The summed E-state index contributed by atoms with van der Waals surface area (Å²) in [6.45, 7) is 10.2. The lowest BCUT2D eigenvalue weighted by molar-refractivity contribution is 0.331. The van der Waals surface area contributed by atoms with Crippen LogP contribution in [0, 0.1) is 6.92 Å². The number of nitrogens with zero attached hydrogens (tertiary/aromatic N) is 2. The molecule has 3 rings (SSSR count). The standard InChI is InChI=1S/C20H27N2OP/c1-15-19(23-2)12-17(13-20(15)24(3)4)18-11-16(7-8-21-18)14-22-9-5-6-10-22/h7-8,11-13H,5-6,9-10,14H2,1-4H3. The highest BCUT2D eigenvalue weighted by molar-refractivity contribution is 7.64. The molecule has 1 aromatic carbocycles. The van der Waals surface area contributed by atoms with E-state index < -0.39 is 0 Å². The highest BCUT2D eigenvalue weighted by atomic mass is 31.1. The maximum Gasteiger partial charge on any atom is 0.123 e. The lowest BCUT2D eigenvalue weighted by Gasteiger charge is -2.17. The fourth-order valence-corrected chi connectivity index (χ4v) is 4.61. The summed E-state index contributed by atoms with van der Waals surface area (Å²) >= 11 is 0. The number of aromatic nitrogens is 1. The topological polar surface area (TPSA) is 25.4 Å². The molecular weight excluding hydrogens is 315 g/mol. The van der Waals surface area contributed by atoms with Gasteiger partial charge in [0.15, 0.2) is 0 Å². The molecule has 0 bridgehead atoms. The molecule has 1 fully saturated rings. The van der Waals surface area contributed by atoms with E-state index in [0.717, 1.165) is 23.6 Å². The predicted molar refractivity (Wildman–Crippen MR) is 104 cm³/mol. The Hall–Kier alpha value is -1.44. The zero-order chi connectivity index (χ0) is 17.1. The third-order valence-corrected chi connectivity index (χ3v) is 6.19. The van der Waals surface area contributed by atoms with Crippen molar-refractivity contribution in [3.05, 3.63) is 41.6 Å². The third-order valence-electron chi connectivity index (χ3n) is 4.76.